The number of aryl methyl sites for hydroxylation is 1. The van der Waals surface area contributed by atoms with Gasteiger partial charge in [0.15, 0.2) is 4.34 Å². The van der Waals surface area contributed by atoms with Crippen molar-refractivity contribution in [2.24, 2.45) is 0 Å². The number of rotatable bonds is 5. The summed E-state index contributed by atoms with van der Waals surface area (Å²) in [6.07, 6.45) is 1.40. The van der Waals surface area contributed by atoms with Crippen molar-refractivity contribution in [1.82, 2.24) is 9.36 Å². The Kier molecular flexibility index (Phi) is 6.06. The molecule has 3 nitrogen and oxygen atoms in total. The van der Waals surface area contributed by atoms with Gasteiger partial charge in [0.05, 0.1) is 6.61 Å². The topological polar surface area (TPSA) is 46.0 Å². The molecule has 1 heterocycles. The fraction of sp³-hybridized carbons (Fsp3) is 0.333. The van der Waals surface area contributed by atoms with Gasteiger partial charge in [-0.3, -0.25) is 0 Å². The van der Waals surface area contributed by atoms with Gasteiger partial charge in [-0.2, -0.15) is 4.37 Å². The molecule has 5 heteroatoms. The number of aliphatic hydroxyl groups is 1. The van der Waals surface area contributed by atoms with Crippen LogP contribution in [0, 0.1) is 11.8 Å². The summed E-state index contributed by atoms with van der Waals surface area (Å²) in [4.78, 5) is 4.44. The van der Waals surface area contributed by atoms with E-state index in [1.54, 1.807) is 11.8 Å². The van der Waals surface area contributed by atoms with E-state index < -0.39 is 0 Å². The van der Waals surface area contributed by atoms with Crippen LogP contribution in [0.15, 0.2) is 28.6 Å². The lowest BCUT2D eigenvalue weighted by Crippen LogP contribution is -1.84. The second-order valence-corrected chi connectivity index (χ2v) is 6.07. The average Bonchev–Trinajstić information content (AvgIpc) is 2.94. The van der Waals surface area contributed by atoms with Crippen LogP contribution in [0.2, 0.25) is 0 Å². The average molecular weight is 304 g/mol. The Balaban J connectivity index is 1.96. The van der Waals surface area contributed by atoms with Gasteiger partial charge in [0, 0.05) is 24.2 Å². The summed E-state index contributed by atoms with van der Waals surface area (Å²) in [5.41, 5.74) is 2.21. The smallest absolute Gasteiger partial charge is 0.170 e. The molecule has 0 aliphatic heterocycles. The van der Waals surface area contributed by atoms with Crippen molar-refractivity contribution in [3.63, 3.8) is 0 Å². The summed E-state index contributed by atoms with van der Waals surface area (Å²) in [6.45, 7) is 2.17. The van der Waals surface area contributed by atoms with Crippen LogP contribution in [0.4, 0.5) is 0 Å². The van der Waals surface area contributed by atoms with E-state index >= 15 is 0 Å². The summed E-state index contributed by atoms with van der Waals surface area (Å²) < 4.78 is 5.29. The van der Waals surface area contributed by atoms with Gasteiger partial charge in [-0.05, 0) is 29.2 Å². The molecule has 2 aromatic rings. The molecule has 0 saturated heterocycles. The van der Waals surface area contributed by atoms with Gasteiger partial charge in [-0.15, -0.1) is 0 Å². The number of thioether (sulfide) groups is 1. The first kappa shape index (κ1) is 15.0. The quantitative estimate of drug-likeness (QED) is 0.681. The SMILES string of the molecule is CCc1nsc(SCc2cccc(C#CCCO)c2)n1. The Bertz CT molecular complexity index is 614. The molecule has 0 aliphatic carbocycles. The molecule has 1 aromatic heterocycles. The third-order valence-electron chi connectivity index (χ3n) is 2.52. The van der Waals surface area contributed by atoms with E-state index in [2.05, 4.69) is 40.3 Å². The molecule has 0 amide bonds. The minimum absolute atomic E-state index is 0.110. The van der Waals surface area contributed by atoms with E-state index in [4.69, 9.17) is 5.11 Å². The maximum Gasteiger partial charge on any atom is 0.170 e. The molecule has 20 heavy (non-hydrogen) atoms. The molecule has 0 bridgehead atoms. The molecule has 0 saturated carbocycles. The maximum absolute atomic E-state index is 8.71. The van der Waals surface area contributed by atoms with E-state index in [1.807, 2.05) is 12.1 Å². The first-order chi connectivity index (χ1) is 9.81. The van der Waals surface area contributed by atoms with Crippen molar-refractivity contribution < 1.29 is 5.11 Å². The monoisotopic (exact) mass is 304 g/mol. The Hall–Kier alpha value is -1.35. The van der Waals surface area contributed by atoms with Gasteiger partial charge < -0.3 is 5.11 Å². The third-order valence-corrected chi connectivity index (χ3v) is 4.47. The van der Waals surface area contributed by atoms with Crippen molar-refractivity contribution in [2.75, 3.05) is 6.61 Å². The highest BCUT2D eigenvalue weighted by molar-refractivity contribution is 8.00. The standard InChI is InChI=1S/C15H16N2OS2/c1-2-14-16-15(20-17-14)19-11-13-8-5-7-12(10-13)6-3-4-9-18/h5,7-8,10,18H,2,4,9,11H2,1H3. The largest absolute Gasteiger partial charge is 0.395 e. The zero-order chi connectivity index (χ0) is 14.2. The molecule has 104 valence electrons. The Morgan fingerprint density at radius 2 is 2.30 bits per heavy atom. The normalized spacial score (nSPS) is 10.1. The van der Waals surface area contributed by atoms with Crippen LogP contribution in [0.1, 0.15) is 30.3 Å². The van der Waals surface area contributed by atoms with Crippen LogP contribution in [0.3, 0.4) is 0 Å². The lowest BCUT2D eigenvalue weighted by molar-refractivity contribution is 0.305. The third kappa shape index (κ3) is 4.64. The predicted octanol–water partition coefficient (Wildman–Crippen LogP) is 3.13. The molecular weight excluding hydrogens is 288 g/mol. The van der Waals surface area contributed by atoms with Crippen LogP contribution < -0.4 is 0 Å². The predicted molar refractivity (Wildman–Crippen MR) is 83.9 cm³/mol. The Morgan fingerprint density at radius 1 is 1.40 bits per heavy atom. The fourth-order valence-electron chi connectivity index (χ4n) is 1.54. The Labute approximate surface area is 127 Å². The van der Waals surface area contributed by atoms with Gasteiger partial charge >= 0.3 is 0 Å². The molecule has 0 spiro atoms. The van der Waals surface area contributed by atoms with Crippen molar-refractivity contribution in [3.05, 3.63) is 41.2 Å². The number of hydrogen-bond acceptors (Lipinski definition) is 5. The van der Waals surface area contributed by atoms with Gasteiger partial charge in [0.2, 0.25) is 0 Å². The molecule has 0 atom stereocenters. The second-order valence-electron chi connectivity index (χ2n) is 4.09. The maximum atomic E-state index is 8.71. The summed E-state index contributed by atoms with van der Waals surface area (Å²) in [6, 6.07) is 8.17. The zero-order valence-electron chi connectivity index (χ0n) is 11.3. The summed E-state index contributed by atoms with van der Waals surface area (Å²) in [5, 5.41) is 8.71. The number of hydrogen-bond donors (Lipinski definition) is 1. The number of nitrogens with zero attached hydrogens (tertiary/aromatic N) is 2. The lowest BCUT2D eigenvalue weighted by Gasteiger charge is -1.99. The van der Waals surface area contributed by atoms with Gasteiger partial charge in [0.1, 0.15) is 5.82 Å². The Morgan fingerprint density at radius 3 is 3.05 bits per heavy atom. The molecule has 1 N–H and O–H groups in total. The molecular formula is C15H16N2OS2. The highest BCUT2D eigenvalue weighted by Gasteiger charge is 2.03. The van der Waals surface area contributed by atoms with E-state index in [-0.39, 0.29) is 6.61 Å². The van der Waals surface area contributed by atoms with Crippen LogP contribution in [0.5, 0.6) is 0 Å². The summed E-state index contributed by atoms with van der Waals surface area (Å²) in [7, 11) is 0. The van der Waals surface area contributed by atoms with E-state index in [0.29, 0.717) is 6.42 Å². The molecule has 0 aliphatic rings. The highest BCUT2D eigenvalue weighted by atomic mass is 32.2. The van der Waals surface area contributed by atoms with Gasteiger partial charge in [0.25, 0.3) is 0 Å². The van der Waals surface area contributed by atoms with Crippen molar-refractivity contribution >= 4 is 23.3 Å². The van der Waals surface area contributed by atoms with Crippen molar-refractivity contribution in [2.45, 2.75) is 29.9 Å². The minimum atomic E-state index is 0.110. The lowest BCUT2D eigenvalue weighted by atomic mass is 10.1. The van der Waals surface area contributed by atoms with Crippen LogP contribution in [-0.4, -0.2) is 21.1 Å². The van der Waals surface area contributed by atoms with Crippen LogP contribution in [0.25, 0.3) is 0 Å². The molecule has 0 fully saturated rings. The van der Waals surface area contributed by atoms with E-state index in [9.17, 15) is 0 Å². The minimum Gasteiger partial charge on any atom is -0.395 e. The molecule has 0 unspecified atom stereocenters. The van der Waals surface area contributed by atoms with E-state index in [1.165, 1.54) is 17.1 Å². The number of benzene rings is 1. The van der Waals surface area contributed by atoms with Gasteiger partial charge in [-0.1, -0.05) is 42.7 Å². The van der Waals surface area contributed by atoms with Crippen LogP contribution in [-0.2, 0) is 12.2 Å². The van der Waals surface area contributed by atoms with Crippen LogP contribution >= 0.6 is 23.3 Å². The summed E-state index contributed by atoms with van der Waals surface area (Å²) >= 11 is 3.16. The first-order valence-electron chi connectivity index (χ1n) is 6.46. The first-order valence-corrected chi connectivity index (χ1v) is 8.21. The van der Waals surface area contributed by atoms with Gasteiger partial charge in [-0.25, -0.2) is 4.98 Å². The second kappa shape index (κ2) is 8.05. The summed E-state index contributed by atoms with van der Waals surface area (Å²) in [5.74, 6) is 7.78. The zero-order valence-corrected chi connectivity index (χ0v) is 12.9. The fourth-order valence-corrected chi connectivity index (χ4v) is 3.18. The van der Waals surface area contributed by atoms with E-state index in [0.717, 1.165) is 27.9 Å². The highest BCUT2D eigenvalue weighted by Crippen LogP contribution is 2.24. The van der Waals surface area contributed by atoms with Crippen molar-refractivity contribution in [1.29, 1.82) is 0 Å². The molecule has 2 rings (SSSR count). The number of aromatic nitrogens is 2. The molecule has 0 radical (unpaired) electrons. The van der Waals surface area contributed by atoms with Crippen molar-refractivity contribution in [3.8, 4) is 11.8 Å². The molecule has 1 aromatic carbocycles. The number of aliphatic hydroxyl groups excluding tert-OH is 1.